The number of amides is 1. The molecule has 1 amide bonds. The Morgan fingerprint density at radius 2 is 2.12 bits per heavy atom. The number of fused-ring (bicyclic) bond motifs is 1. The van der Waals surface area contributed by atoms with Gasteiger partial charge in [0.1, 0.15) is 0 Å². The fourth-order valence-electron chi connectivity index (χ4n) is 5.62. The maximum atomic E-state index is 12.2. The molecule has 4 nitrogen and oxygen atoms in total. The summed E-state index contributed by atoms with van der Waals surface area (Å²) in [5.41, 5.74) is 3.82. The molecule has 1 saturated carbocycles. The molecule has 1 heterocycles. The monoisotopic (exact) mass is 455 g/mol. The van der Waals surface area contributed by atoms with Gasteiger partial charge in [0.15, 0.2) is 0 Å². The molecule has 5 atom stereocenters. The standard InChI is InChI=1S/C27H37NO3S/c1-19-5-4-6-20(13-19)15-23(29)7-8-24-25-16-21(14-22(25)17-26(24)30)9-12-32-18-27(31)28-10-2-3-11-28/h4-8,13-14,22-26,29-30H,2-3,9-12,15-18H2,1H3/t22-,23+,24+,25-,26+/m0/s1. The average Bonchev–Trinajstić information content (AvgIpc) is 3.47. The number of hydrogen-bond acceptors (Lipinski definition) is 4. The van der Waals surface area contributed by atoms with Gasteiger partial charge in [-0.15, -0.1) is 0 Å². The van der Waals surface area contributed by atoms with E-state index in [-0.39, 0.29) is 12.0 Å². The van der Waals surface area contributed by atoms with Gasteiger partial charge in [0.2, 0.25) is 5.91 Å². The van der Waals surface area contributed by atoms with Crippen LogP contribution in [0.2, 0.25) is 0 Å². The van der Waals surface area contributed by atoms with Crippen LogP contribution in [0.25, 0.3) is 0 Å². The summed E-state index contributed by atoms with van der Waals surface area (Å²) in [6.07, 6.45) is 11.3. The Kier molecular flexibility index (Phi) is 8.14. The Morgan fingerprint density at radius 1 is 1.31 bits per heavy atom. The zero-order valence-electron chi connectivity index (χ0n) is 19.2. The maximum Gasteiger partial charge on any atom is 0.232 e. The first kappa shape index (κ1) is 23.6. The number of thioether (sulfide) groups is 1. The van der Waals surface area contributed by atoms with Crippen molar-refractivity contribution in [3.05, 3.63) is 59.2 Å². The van der Waals surface area contributed by atoms with E-state index >= 15 is 0 Å². The average molecular weight is 456 g/mol. The van der Waals surface area contributed by atoms with Gasteiger partial charge < -0.3 is 15.1 Å². The molecule has 1 saturated heterocycles. The zero-order chi connectivity index (χ0) is 22.5. The van der Waals surface area contributed by atoms with Gasteiger partial charge in [-0.1, -0.05) is 53.6 Å². The first-order valence-electron chi connectivity index (χ1n) is 12.1. The smallest absolute Gasteiger partial charge is 0.232 e. The van der Waals surface area contributed by atoms with Crippen LogP contribution in [-0.2, 0) is 11.2 Å². The number of benzene rings is 1. The number of allylic oxidation sites excluding steroid dienone is 2. The number of carbonyl (C=O) groups excluding carboxylic acids is 1. The van der Waals surface area contributed by atoms with Crippen molar-refractivity contribution in [2.24, 2.45) is 17.8 Å². The molecule has 174 valence electrons. The molecule has 2 N–H and O–H groups in total. The van der Waals surface area contributed by atoms with E-state index < -0.39 is 6.10 Å². The predicted octanol–water partition coefficient (Wildman–Crippen LogP) is 4.14. The van der Waals surface area contributed by atoms with Gasteiger partial charge in [-0.25, -0.2) is 0 Å². The summed E-state index contributed by atoms with van der Waals surface area (Å²) in [5, 5.41) is 21.1. The van der Waals surface area contributed by atoms with E-state index in [9.17, 15) is 15.0 Å². The molecule has 0 bridgehead atoms. The molecule has 0 unspecified atom stereocenters. The molecule has 0 radical (unpaired) electrons. The normalized spacial score (nSPS) is 28.3. The summed E-state index contributed by atoms with van der Waals surface area (Å²) in [6, 6.07) is 8.25. The summed E-state index contributed by atoms with van der Waals surface area (Å²) in [4.78, 5) is 14.2. The van der Waals surface area contributed by atoms with E-state index in [1.54, 1.807) is 11.8 Å². The van der Waals surface area contributed by atoms with E-state index in [0.717, 1.165) is 56.5 Å². The lowest BCUT2D eigenvalue weighted by molar-refractivity contribution is -0.127. The predicted molar refractivity (Wildman–Crippen MR) is 132 cm³/mol. The molecule has 3 aliphatic rings. The van der Waals surface area contributed by atoms with Gasteiger partial charge in [-0.05, 0) is 62.2 Å². The van der Waals surface area contributed by atoms with Crippen LogP contribution in [0.4, 0.5) is 0 Å². The Morgan fingerprint density at radius 3 is 2.91 bits per heavy atom. The van der Waals surface area contributed by atoms with Crippen LogP contribution < -0.4 is 0 Å². The number of rotatable bonds is 9. The van der Waals surface area contributed by atoms with Crippen molar-refractivity contribution in [3.63, 3.8) is 0 Å². The highest BCUT2D eigenvalue weighted by molar-refractivity contribution is 7.99. The van der Waals surface area contributed by atoms with Gasteiger partial charge in [0, 0.05) is 25.4 Å². The van der Waals surface area contributed by atoms with Crippen LogP contribution in [0.1, 0.15) is 43.2 Å². The Hall–Kier alpha value is -1.56. The molecule has 1 aliphatic heterocycles. The van der Waals surface area contributed by atoms with E-state index in [0.29, 0.717) is 29.9 Å². The lowest BCUT2D eigenvalue weighted by Gasteiger charge is -2.19. The fourth-order valence-corrected chi connectivity index (χ4v) is 6.52. The summed E-state index contributed by atoms with van der Waals surface area (Å²) in [5.74, 6) is 2.89. The SMILES string of the molecule is Cc1cccc(C[C@H](O)C=C[C@@H]2[C@H]3CC(CCSCC(=O)N4CCCC4)=C[C@H]3C[C@H]2O)c1. The van der Waals surface area contributed by atoms with Crippen molar-refractivity contribution in [2.45, 2.75) is 57.7 Å². The van der Waals surface area contributed by atoms with Crippen LogP contribution in [-0.4, -0.2) is 57.8 Å². The molecule has 5 heteroatoms. The first-order valence-corrected chi connectivity index (χ1v) is 13.3. The van der Waals surface area contributed by atoms with Crippen molar-refractivity contribution in [2.75, 3.05) is 24.6 Å². The fraction of sp³-hybridized carbons (Fsp3) is 0.593. The van der Waals surface area contributed by atoms with Gasteiger partial charge in [-0.2, -0.15) is 11.8 Å². The second-order valence-electron chi connectivity index (χ2n) is 9.77. The van der Waals surface area contributed by atoms with E-state index in [4.69, 9.17) is 0 Å². The highest BCUT2D eigenvalue weighted by Crippen LogP contribution is 2.48. The van der Waals surface area contributed by atoms with Gasteiger partial charge >= 0.3 is 0 Å². The van der Waals surface area contributed by atoms with Crippen molar-refractivity contribution in [1.29, 1.82) is 0 Å². The largest absolute Gasteiger partial charge is 0.392 e. The number of aliphatic hydroxyl groups excluding tert-OH is 2. The number of nitrogens with zero attached hydrogens (tertiary/aromatic N) is 1. The van der Waals surface area contributed by atoms with Crippen LogP contribution in [0, 0.1) is 24.7 Å². The molecule has 4 rings (SSSR count). The third-order valence-electron chi connectivity index (χ3n) is 7.28. The summed E-state index contributed by atoms with van der Waals surface area (Å²) >= 11 is 1.75. The van der Waals surface area contributed by atoms with Crippen molar-refractivity contribution in [3.8, 4) is 0 Å². The number of carbonyl (C=O) groups is 1. The van der Waals surface area contributed by atoms with Crippen LogP contribution in [0.3, 0.4) is 0 Å². The van der Waals surface area contributed by atoms with Gasteiger partial charge in [-0.3, -0.25) is 4.79 Å². The minimum atomic E-state index is -0.526. The molecule has 0 spiro atoms. The Bertz CT molecular complexity index is 845. The molecular formula is C27H37NO3S. The second kappa shape index (κ2) is 11.0. The Balaban J connectivity index is 1.22. The van der Waals surface area contributed by atoms with Crippen molar-refractivity contribution >= 4 is 17.7 Å². The second-order valence-corrected chi connectivity index (χ2v) is 10.9. The van der Waals surface area contributed by atoms with E-state index in [2.05, 4.69) is 31.2 Å². The number of aryl methyl sites for hydroxylation is 1. The quantitative estimate of drug-likeness (QED) is 0.434. The van der Waals surface area contributed by atoms with Gasteiger partial charge in [0.25, 0.3) is 0 Å². The molecule has 1 aromatic carbocycles. The van der Waals surface area contributed by atoms with Crippen molar-refractivity contribution in [1.82, 2.24) is 4.90 Å². The zero-order valence-corrected chi connectivity index (χ0v) is 20.0. The molecule has 2 fully saturated rings. The minimum absolute atomic E-state index is 0.116. The number of hydrogen-bond donors (Lipinski definition) is 2. The van der Waals surface area contributed by atoms with Crippen LogP contribution in [0.15, 0.2) is 48.1 Å². The summed E-state index contributed by atoms with van der Waals surface area (Å²) < 4.78 is 0. The molecule has 1 aromatic rings. The maximum absolute atomic E-state index is 12.2. The number of likely N-dealkylation sites (tertiary alicyclic amines) is 1. The van der Waals surface area contributed by atoms with Crippen molar-refractivity contribution < 1.29 is 15.0 Å². The lowest BCUT2D eigenvalue weighted by atomic mass is 9.88. The third kappa shape index (κ3) is 6.06. The molecule has 2 aliphatic carbocycles. The summed E-state index contributed by atoms with van der Waals surface area (Å²) in [6.45, 7) is 3.94. The lowest BCUT2D eigenvalue weighted by Crippen LogP contribution is -2.29. The third-order valence-corrected chi connectivity index (χ3v) is 8.23. The number of aliphatic hydroxyl groups is 2. The highest BCUT2D eigenvalue weighted by atomic mass is 32.2. The van der Waals surface area contributed by atoms with Crippen LogP contribution >= 0.6 is 11.8 Å². The van der Waals surface area contributed by atoms with E-state index in [1.807, 2.05) is 23.1 Å². The minimum Gasteiger partial charge on any atom is -0.392 e. The molecule has 32 heavy (non-hydrogen) atoms. The van der Waals surface area contributed by atoms with Gasteiger partial charge in [0.05, 0.1) is 18.0 Å². The van der Waals surface area contributed by atoms with E-state index in [1.165, 1.54) is 11.1 Å². The Labute approximate surface area is 196 Å². The van der Waals surface area contributed by atoms with Crippen LogP contribution in [0.5, 0.6) is 0 Å². The summed E-state index contributed by atoms with van der Waals surface area (Å²) in [7, 11) is 0. The first-order chi connectivity index (χ1) is 15.5. The topological polar surface area (TPSA) is 60.8 Å². The molecule has 0 aromatic heterocycles. The molecular weight excluding hydrogens is 418 g/mol. The highest BCUT2D eigenvalue weighted by Gasteiger charge is 2.43.